The van der Waals surface area contributed by atoms with Gasteiger partial charge in [-0.1, -0.05) is 23.2 Å². The summed E-state index contributed by atoms with van der Waals surface area (Å²) in [6.45, 7) is 23.9. The molecule has 0 bridgehead atoms. The van der Waals surface area contributed by atoms with E-state index in [1.165, 1.54) is 89.3 Å². The number of aldehydes is 3. The topological polar surface area (TPSA) is 389 Å². The Morgan fingerprint density at radius 2 is 0.847 bits per heavy atom. The Morgan fingerprint density at radius 1 is 0.492 bits per heavy atom. The molecular formula is C88H113BrCl2N14O16S3. The molecule has 0 saturated heterocycles. The average Bonchev–Trinajstić information content (AvgIpc) is 1.59. The van der Waals surface area contributed by atoms with Gasteiger partial charge in [0.1, 0.15) is 32.4 Å². The van der Waals surface area contributed by atoms with Gasteiger partial charge in [-0.15, -0.1) is 0 Å². The summed E-state index contributed by atoms with van der Waals surface area (Å²) in [4.78, 5) is 113. The monoisotopic (exact) mass is 1870 g/mol. The number of amides is 2. The van der Waals surface area contributed by atoms with Crippen molar-refractivity contribution in [2.24, 2.45) is 19.7 Å². The number of hydrogen-bond acceptors (Lipinski definition) is 19. The molecule has 8 aromatic heterocycles. The minimum absolute atomic E-state index is 0.102. The number of nitrogens with two attached hydrogens (primary N) is 2. The van der Waals surface area contributed by atoms with Gasteiger partial charge in [-0.05, 0) is 242 Å². The van der Waals surface area contributed by atoms with Crippen molar-refractivity contribution in [1.82, 2.24) is 42.7 Å². The standard InChI is InChI=1S/C16H14ClN3O2.2C15H22N2O3S.C11H16N2O2.C11H13NO3.C10H12N2O.C6H3BrClNO.C4H11NOS/c17-13-4-5-18-15(12(13)9-21)20-8-14-11(16(20)22)7-10-3-1-2-6-19(10)14;2*1-15(2,3)21(19)16-10-13-12(14(18)20-4)9-11-7-5-6-8-17(11)13;1-15-11(14)9-6-8-4-2-3-5-13(8)10(9)7-12;1-15-11(14)9-6-8-4-2-3-5-12(8)10(9)7-13;13-10-8-5-7-3-1-2-4-12(7)9(8)6-11-10;7-6-4(3-10)5(8)1-2-9-6;1-4(2,3)7(5)6/h4-5,7,9H,1-3,6,8H2;2*9-10H,5-8H2,1-4H3;6H,2-5,7,12H2,1H3;6-7H,2-5H2,1H3;5H,1-4,6H2,(H,11,13);1-3H;5H2,1-3H3. The van der Waals surface area contributed by atoms with Crippen LogP contribution in [0.4, 0.5) is 5.82 Å². The molecule has 0 spiro atoms. The Hall–Kier alpha value is -9.42. The zero-order valence-corrected chi connectivity index (χ0v) is 78.3. The molecule has 3 unspecified atom stereocenters. The highest BCUT2D eigenvalue weighted by Gasteiger charge is 2.37. The van der Waals surface area contributed by atoms with Crippen molar-refractivity contribution in [1.29, 1.82) is 0 Å². The number of nitrogens with zero attached hydrogens (tertiary/aromatic N) is 11. The molecule has 16 heterocycles. The van der Waals surface area contributed by atoms with Crippen molar-refractivity contribution in [2.45, 2.75) is 251 Å². The summed E-state index contributed by atoms with van der Waals surface area (Å²) in [6, 6.07) is 14.6. The molecule has 8 aromatic rings. The third-order valence-corrected chi connectivity index (χ3v) is 27.0. The number of hydrogen-bond donors (Lipinski definition) is 3. The average molecular weight is 1870 g/mol. The van der Waals surface area contributed by atoms with Crippen LogP contribution in [-0.2, 0) is 149 Å². The van der Waals surface area contributed by atoms with E-state index in [2.05, 4.69) is 73.6 Å². The molecule has 0 fully saturated rings. The van der Waals surface area contributed by atoms with Gasteiger partial charge in [0.15, 0.2) is 18.9 Å². The summed E-state index contributed by atoms with van der Waals surface area (Å²) in [5, 5.41) is 8.62. The first-order valence-corrected chi connectivity index (χ1v) is 46.3. The fourth-order valence-corrected chi connectivity index (χ4v) is 17.1. The molecule has 5 N–H and O–H groups in total. The molecule has 0 aromatic carbocycles. The van der Waals surface area contributed by atoms with E-state index in [-0.39, 0.29) is 40.0 Å². The number of methoxy groups -OCH3 is 4. The van der Waals surface area contributed by atoms with Gasteiger partial charge in [0.05, 0.1) is 162 Å². The first-order chi connectivity index (χ1) is 59.0. The number of pyridine rings is 2. The predicted molar refractivity (Wildman–Crippen MR) is 485 cm³/mol. The summed E-state index contributed by atoms with van der Waals surface area (Å²) in [7, 11) is 1.60. The highest BCUT2D eigenvalue weighted by atomic mass is 79.9. The van der Waals surface area contributed by atoms with Gasteiger partial charge < -0.3 is 57.4 Å². The third-order valence-electron chi connectivity index (χ3n) is 21.8. The molecule has 124 heavy (non-hydrogen) atoms. The normalized spacial score (nSPS) is 15.9. The number of aromatic nitrogens is 8. The number of carbonyl (C=O) groups excluding carboxylic acids is 9. The molecule has 0 saturated carbocycles. The summed E-state index contributed by atoms with van der Waals surface area (Å²) < 4.78 is 74.0. The maximum atomic E-state index is 12.7. The number of carbonyl (C=O) groups is 9. The lowest BCUT2D eigenvalue weighted by molar-refractivity contribution is 0.0590. The minimum Gasteiger partial charge on any atom is -0.465 e. The molecule has 670 valence electrons. The second kappa shape index (κ2) is 44.6. The molecule has 3 atom stereocenters. The first-order valence-electron chi connectivity index (χ1n) is 41.3. The number of nitrogens with one attached hydrogen (secondary N) is 1. The highest BCUT2D eigenvalue weighted by Crippen LogP contribution is 2.36. The Morgan fingerprint density at radius 3 is 1.23 bits per heavy atom. The zero-order chi connectivity index (χ0) is 90.7. The van der Waals surface area contributed by atoms with Crippen molar-refractivity contribution < 1.29 is 74.7 Å². The Labute approximate surface area is 749 Å². The fraction of sp³-hybridized carbons (Fsp3) is 0.489. The predicted octanol–water partition coefficient (Wildman–Crippen LogP) is 14.1. The van der Waals surface area contributed by atoms with Crippen LogP contribution < -0.4 is 21.1 Å². The fourth-order valence-electron chi connectivity index (χ4n) is 15.2. The number of fused-ring (bicyclic) bond motifs is 10. The maximum Gasteiger partial charge on any atom is 0.340 e. The number of anilines is 1. The number of esters is 4. The van der Waals surface area contributed by atoms with Crippen LogP contribution in [-0.4, -0.2) is 160 Å². The summed E-state index contributed by atoms with van der Waals surface area (Å²) >= 11 is 14.8. The molecule has 8 aliphatic heterocycles. The Bertz CT molecular complexity index is 5270. The van der Waals surface area contributed by atoms with Crippen molar-refractivity contribution in [3.63, 3.8) is 0 Å². The zero-order valence-electron chi connectivity index (χ0n) is 72.7. The number of halogens is 3. The molecule has 2 amide bonds. The van der Waals surface area contributed by atoms with E-state index < -0.39 is 48.4 Å². The van der Waals surface area contributed by atoms with Crippen LogP contribution in [0.2, 0.25) is 10.0 Å². The molecular weight excluding hydrogens is 1760 g/mol. The lowest BCUT2D eigenvalue weighted by Gasteiger charge is -2.21. The molecule has 8 aliphatic rings. The smallest absolute Gasteiger partial charge is 0.340 e. The van der Waals surface area contributed by atoms with Gasteiger partial charge in [-0.25, -0.2) is 41.8 Å². The van der Waals surface area contributed by atoms with E-state index in [9.17, 15) is 55.8 Å². The number of rotatable bonds is 13. The van der Waals surface area contributed by atoms with Crippen LogP contribution in [0.25, 0.3) is 0 Å². The lowest BCUT2D eigenvalue weighted by Crippen LogP contribution is -2.27. The molecule has 30 nitrogen and oxygen atoms in total. The second-order valence-electron chi connectivity index (χ2n) is 33.2. The van der Waals surface area contributed by atoms with Gasteiger partial charge >= 0.3 is 23.9 Å². The summed E-state index contributed by atoms with van der Waals surface area (Å²) in [5.74, 6) is -1.11. The summed E-state index contributed by atoms with van der Waals surface area (Å²) in [6.07, 6.45) is 28.0. The molecule has 0 radical (unpaired) electrons. The summed E-state index contributed by atoms with van der Waals surface area (Å²) in [5.41, 5.74) is 22.1. The van der Waals surface area contributed by atoms with Crippen LogP contribution in [0, 0.1) is 0 Å². The number of ether oxygens (including phenoxy) is 4. The van der Waals surface area contributed by atoms with Crippen LogP contribution in [0.15, 0.2) is 74.3 Å². The second-order valence-corrected chi connectivity index (χ2v) is 40.4. The van der Waals surface area contributed by atoms with Gasteiger partial charge in [0, 0.05) is 98.1 Å². The highest BCUT2D eigenvalue weighted by molar-refractivity contribution is 9.10. The third kappa shape index (κ3) is 24.0. The van der Waals surface area contributed by atoms with Crippen molar-refractivity contribution in [2.75, 3.05) is 33.3 Å². The van der Waals surface area contributed by atoms with E-state index in [1.54, 1.807) is 35.5 Å². The first kappa shape index (κ1) is 98.4. The minimum atomic E-state index is -1.34. The largest absolute Gasteiger partial charge is 0.465 e. The maximum absolute atomic E-state index is 12.7. The Balaban J connectivity index is 0.000000164. The van der Waals surface area contributed by atoms with Crippen LogP contribution in [0.1, 0.15) is 295 Å². The molecule has 16 rings (SSSR count). The van der Waals surface area contributed by atoms with Crippen LogP contribution in [0.3, 0.4) is 0 Å². The van der Waals surface area contributed by atoms with Crippen LogP contribution in [0.5, 0.6) is 0 Å². The van der Waals surface area contributed by atoms with Crippen LogP contribution >= 0.6 is 39.1 Å². The van der Waals surface area contributed by atoms with E-state index in [1.807, 2.05) is 91.1 Å². The van der Waals surface area contributed by atoms with E-state index in [0.717, 1.165) is 182 Å². The lowest BCUT2D eigenvalue weighted by atomic mass is 10.1. The van der Waals surface area contributed by atoms with E-state index in [4.69, 9.17) is 48.3 Å². The quantitative estimate of drug-likeness (QED) is 0.0317. The Kier molecular flexibility index (Phi) is 35.4. The van der Waals surface area contributed by atoms with Gasteiger partial charge in [0.2, 0.25) is 0 Å². The molecule has 0 aliphatic carbocycles. The van der Waals surface area contributed by atoms with Crippen molar-refractivity contribution >= 4 is 145 Å². The van der Waals surface area contributed by atoms with Gasteiger partial charge in [0.25, 0.3) is 11.8 Å². The van der Waals surface area contributed by atoms with Gasteiger partial charge in [-0.2, -0.15) is 8.80 Å². The van der Waals surface area contributed by atoms with Gasteiger partial charge in [-0.3, -0.25) is 34.0 Å². The molecule has 36 heteroatoms. The number of aryl methyl sites for hydroxylation is 6. The van der Waals surface area contributed by atoms with E-state index >= 15 is 0 Å². The van der Waals surface area contributed by atoms with E-state index in [0.29, 0.717) is 91.0 Å². The van der Waals surface area contributed by atoms with Crippen molar-refractivity contribution in [3.05, 3.63) is 188 Å². The SMILES string of the molecule is CC(C)(C)S(N)=O.COC(=O)c1cc2n(c1C=NS(=O)C(C)(C)C)CCCC2.COC(=O)c1cc2n(c1C=NS(=O)C(C)(C)C)CCCC2.COC(=O)c1cc2n(c1C=O)CCCC2.COC(=O)c1cc2n(c1CN)CCCC2.O=C1NCc2c1cc1n2CCCC1.O=Cc1c(Cl)ccnc1Br.O=Cc1c(Cl)ccnc1N1Cc2c(cc3n2CCCC3)C1=O. The van der Waals surface area contributed by atoms with Crippen molar-refractivity contribution in [3.8, 4) is 0 Å².